The molecule has 0 rings (SSSR count). The highest BCUT2D eigenvalue weighted by molar-refractivity contribution is 5.92. The summed E-state index contributed by atoms with van der Waals surface area (Å²) in [6, 6.07) is 0. The zero-order chi connectivity index (χ0) is 6.73. The van der Waals surface area contributed by atoms with Gasteiger partial charge in [-0.05, 0) is 6.92 Å². The number of allylic oxidation sites excluding steroid dienone is 2. The molecule has 46 valence electrons. The summed E-state index contributed by atoms with van der Waals surface area (Å²) in [5.74, 6) is -0.414. The number of aliphatic hydroxyl groups excluding tert-OH is 1. The number of nitrogens with two attached hydrogens (primary N) is 1. The predicted molar refractivity (Wildman–Crippen MR) is 30.2 cm³/mol. The first-order chi connectivity index (χ1) is 3.55. The molecule has 0 bridgehead atoms. The van der Waals surface area contributed by atoms with Crippen LogP contribution in [0, 0.1) is 0 Å². The van der Waals surface area contributed by atoms with Gasteiger partial charge in [-0.2, -0.15) is 0 Å². The van der Waals surface area contributed by atoms with Crippen LogP contribution in [0.5, 0.6) is 0 Å². The average molecular weight is 115 g/mol. The molecule has 0 saturated carbocycles. The minimum absolute atomic E-state index is 0.0648. The predicted octanol–water partition coefficient (Wildman–Crippen LogP) is 0.324. The Morgan fingerprint density at radius 1 is 1.50 bits per heavy atom. The topological polar surface area (TPSA) is 63.3 Å². The standard InChI is InChI=1S/C5H9NO2/c1-3(7)5(6)4(2)8/h7H,6H2,1-2H3. The van der Waals surface area contributed by atoms with Gasteiger partial charge in [0, 0.05) is 6.92 Å². The average Bonchev–Trinajstić information content (AvgIpc) is 1.64. The van der Waals surface area contributed by atoms with Gasteiger partial charge in [0.15, 0.2) is 5.78 Å². The van der Waals surface area contributed by atoms with Crippen molar-refractivity contribution in [3.8, 4) is 0 Å². The van der Waals surface area contributed by atoms with E-state index in [0.717, 1.165) is 0 Å². The molecule has 0 unspecified atom stereocenters. The third-order valence-electron chi connectivity index (χ3n) is 0.769. The van der Waals surface area contributed by atoms with E-state index in [9.17, 15) is 4.79 Å². The molecule has 0 spiro atoms. The molecular weight excluding hydrogens is 106 g/mol. The van der Waals surface area contributed by atoms with E-state index >= 15 is 0 Å². The van der Waals surface area contributed by atoms with Crippen molar-refractivity contribution in [1.29, 1.82) is 0 Å². The van der Waals surface area contributed by atoms with Crippen molar-refractivity contribution in [2.75, 3.05) is 0 Å². The molecule has 3 heteroatoms. The molecule has 0 amide bonds. The smallest absolute Gasteiger partial charge is 0.178 e. The van der Waals surface area contributed by atoms with Crippen LogP contribution in [0.2, 0.25) is 0 Å². The maximum atomic E-state index is 10.2. The van der Waals surface area contributed by atoms with E-state index in [1.807, 2.05) is 0 Å². The Morgan fingerprint density at radius 3 is 1.88 bits per heavy atom. The molecule has 3 N–H and O–H groups in total. The fourth-order valence-corrected chi connectivity index (χ4v) is 0.255. The molecule has 0 saturated heterocycles. The van der Waals surface area contributed by atoms with E-state index in [-0.39, 0.29) is 17.2 Å². The van der Waals surface area contributed by atoms with Crippen LogP contribution in [-0.2, 0) is 4.79 Å². The Hall–Kier alpha value is -0.990. The second-order valence-corrected chi connectivity index (χ2v) is 1.56. The van der Waals surface area contributed by atoms with Crippen LogP contribution in [0.25, 0.3) is 0 Å². The van der Waals surface area contributed by atoms with Crippen LogP contribution in [0.15, 0.2) is 11.5 Å². The van der Waals surface area contributed by atoms with Crippen LogP contribution in [0.3, 0.4) is 0 Å². The first-order valence-electron chi connectivity index (χ1n) is 2.22. The summed E-state index contributed by atoms with van der Waals surface area (Å²) in [6.07, 6.45) is 0. The SMILES string of the molecule is CC(=O)C(N)=C(C)O. The van der Waals surface area contributed by atoms with Crippen molar-refractivity contribution in [2.45, 2.75) is 13.8 Å². The monoisotopic (exact) mass is 115 g/mol. The fraction of sp³-hybridized carbons (Fsp3) is 0.400. The lowest BCUT2D eigenvalue weighted by Gasteiger charge is -1.93. The summed E-state index contributed by atoms with van der Waals surface area (Å²) < 4.78 is 0. The van der Waals surface area contributed by atoms with E-state index in [1.165, 1.54) is 13.8 Å². The van der Waals surface area contributed by atoms with Crippen LogP contribution < -0.4 is 5.73 Å². The van der Waals surface area contributed by atoms with Gasteiger partial charge in [-0.25, -0.2) is 0 Å². The van der Waals surface area contributed by atoms with E-state index in [2.05, 4.69) is 0 Å². The van der Waals surface area contributed by atoms with Crippen molar-refractivity contribution in [2.24, 2.45) is 5.73 Å². The summed E-state index contributed by atoms with van der Waals surface area (Å²) in [6.45, 7) is 2.67. The molecule has 0 aliphatic rings. The fourth-order valence-electron chi connectivity index (χ4n) is 0.255. The lowest BCUT2D eigenvalue weighted by atomic mass is 10.3. The summed E-state index contributed by atoms with van der Waals surface area (Å²) in [7, 11) is 0. The maximum absolute atomic E-state index is 10.2. The minimum atomic E-state index is -0.301. The van der Waals surface area contributed by atoms with E-state index < -0.39 is 0 Å². The number of rotatable bonds is 1. The first kappa shape index (κ1) is 7.01. The van der Waals surface area contributed by atoms with Gasteiger partial charge in [-0.3, -0.25) is 4.79 Å². The molecule has 0 aromatic rings. The van der Waals surface area contributed by atoms with Gasteiger partial charge in [0.05, 0.1) is 0 Å². The van der Waals surface area contributed by atoms with Gasteiger partial charge in [0.25, 0.3) is 0 Å². The number of carbonyl (C=O) groups is 1. The Labute approximate surface area is 47.8 Å². The Bertz CT molecular complexity index is 133. The Balaban J connectivity index is 4.23. The van der Waals surface area contributed by atoms with Crippen LogP contribution in [0.1, 0.15) is 13.8 Å². The normalized spacial score (nSPS) is 12.8. The molecule has 0 aromatic heterocycles. The van der Waals surface area contributed by atoms with E-state index in [4.69, 9.17) is 10.8 Å². The van der Waals surface area contributed by atoms with Crippen LogP contribution in [0.4, 0.5) is 0 Å². The Kier molecular flexibility index (Phi) is 2.06. The third kappa shape index (κ3) is 1.64. The lowest BCUT2D eigenvalue weighted by Crippen LogP contribution is -2.09. The third-order valence-corrected chi connectivity index (χ3v) is 0.769. The summed E-state index contributed by atoms with van der Waals surface area (Å²) in [4.78, 5) is 10.2. The van der Waals surface area contributed by atoms with Crippen molar-refractivity contribution in [3.63, 3.8) is 0 Å². The molecule has 3 nitrogen and oxygen atoms in total. The van der Waals surface area contributed by atoms with Gasteiger partial charge in [0.2, 0.25) is 0 Å². The number of Topliss-reactive ketones (excluding diaryl/α,β-unsaturated/α-hetero) is 1. The maximum Gasteiger partial charge on any atom is 0.178 e. The van der Waals surface area contributed by atoms with Crippen LogP contribution >= 0.6 is 0 Å². The molecule has 0 aliphatic heterocycles. The largest absolute Gasteiger partial charge is 0.510 e. The quantitative estimate of drug-likeness (QED) is 0.382. The van der Waals surface area contributed by atoms with Gasteiger partial charge in [0.1, 0.15) is 11.5 Å². The molecule has 0 fully saturated rings. The van der Waals surface area contributed by atoms with Gasteiger partial charge >= 0.3 is 0 Å². The van der Waals surface area contributed by atoms with Gasteiger partial charge in [-0.15, -0.1) is 0 Å². The number of aliphatic hydroxyl groups is 1. The molecule has 0 atom stereocenters. The molecule has 0 aromatic carbocycles. The summed E-state index contributed by atoms with van der Waals surface area (Å²) >= 11 is 0. The van der Waals surface area contributed by atoms with E-state index in [1.54, 1.807) is 0 Å². The number of hydrogen-bond donors (Lipinski definition) is 2. The number of ketones is 1. The highest BCUT2D eigenvalue weighted by Gasteiger charge is 1.98. The molecule has 0 aliphatic carbocycles. The van der Waals surface area contributed by atoms with Gasteiger partial charge in [-0.1, -0.05) is 0 Å². The second kappa shape index (κ2) is 2.35. The van der Waals surface area contributed by atoms with Gasteiger partial charge < -0.3 is 10.8 Å². The van der Waals surface area contributed by atoms with Crippen molar-refractivity contribution >= 4 is 5.78 Å². The Morgan fingerprint density at radius 2 is 1.88 bits per heavy atom. The molecule has 8 heavy (non-hydrogen) atoms. The molecular formula is C5H9NO2. The van der Waals surface area contributed by atoms with Crippen molar-refractivity contribution in [3.05, 3.63) is 11.5 Å². The number of hydrogen-bond acceptors (Lipinski definition) is 3. The summed E-state index contributed by atoms with van der Waals surface area (Å²) in [5, 5.41) is 8.53. The summed E-state index contributed by atoms with van der Waals surface area (Å²) in [5.41, 5.74) is 4.97. The van der Waals surface area contributed by atoms with Crippen molar-refractivity contribution < 1.29 is 9.90 Å². The highest BCUT2D eigenvalue weighted by Crippen LogP contribution is 1.91. The highest BCUT2D eigenvalue weighted by atomic mass is 16.3. The van der Waals surface area contributed by atoms with Crippen LogP contribution in [-0.4, -0.2) is 10.9 Å². The zero-order valence-corrected chi connectivity index (χ0v) is 4.93. The van der Waals surface area contributed by atoms with E-state index in [0.29, 0.717) is 0 Å². The second-order valence-electron chi connectivity index (χ2n) is 1.56. The van der Waals surface area contributed by atoms with Crippen molar-refractivity contribution in [1.82, 2.24) is 0 Å². The number of carbonyl (C=O) groups excluding carboxylic acids is 1. The minimum Gasteiger partial charge on any atom is -0.510 e. The molecule has 0 heterocycles. The molecule has 0 radical (unpaired) electrons. The first-order valence-corrected chi connectivity index (χ1v) is 2.22. The zero-order valence-electron chi connectivity index (χ0n) is 4.93. The lowest BCUT2D eigenvalue weighted by molar-refractivity contribution is -0.113.